The van der Waals surface area contributed by atoms with Gasteiger partial charge in [-0.25, -0.2) is 9.37 Å². The zero-order chi connectivity index (χ0) is 22.2. The molecule has 0 aliphatic carbocycles. The highest BCUT2D eigenvalue weighted by Gasteiger charge is 2.12. The van der Waals surface area contributed by atoms with Crippen LogP contribution in [-0.4, -0.2) is 29.9 Å². The van der Waals surface area contributed by atoms with Crippen molar-refractivity contribution < 1.29 is 18.7 Å². The molecule has 2 aromatic carbocycles. The smallest absolute Gasteiger partial charge is 0.252 e. The predicted octanol–water partition coefficient (Wildman–Crippen LogP) is 5.15. The third-order valence-corrected chi connectivity index (χ3v) is 5.26. The van der Waals surface area contributed by atoms with Crippen LogP contribution in [0, 0.1) is 5.82 Å². The molecule has 162 valence electrons. The summed E-state index contributed by atoms with van der Waals surface area (Å²) < 4.78 is 18.6. The molecule has 6 nitrogen and oxygen atoms in total. The first kappa shape index (κ1) is 22.7. The van der Waals surface area contributed by atoms with Gasteiger partial charge in [-0.2, -0.15) is 0 Å². The summed E-state index contributed by atoms with van der Waals surface area (Å²) in [7, 11) is 0. The Morgan fingerprint density at radius 1 is 1.19 bits per heavy atom. The van der Waals surface area contributed by atoms with Crippen molar-refractivity contribution in [2.24, 2.45) is 0 Å². The van der Waals surface area contributed by atoms with Crippen LogP contribution in [0.3, 0.4) is 0 Å². The summed E-state index contributed by atoms with van der Waals surface area (Å²) in [6, 6.07) is 11.1. The standard InChI is InChI=1S/C22H21ClFN3O3S/c1-2-11-30-16-6-3-14(4-7-16)19-13-31-22(26-19)27-20(28)9-10-25-21(29)17-8-5-15(24)12-18(17)23/h3-8,12-13H,2,9-11H2,1H3,(H,25,29)(H,26,27,28). The second-order valence-electron chi connectivity index (χ2n) is 6.59. The summed E-state index contributed by atoms with van der Waals surface area (Å²) in [5.74, 6) is -0.474. The Bertz CT molecular complexity index is 1060. The average Bonchev–Trinajstić information content (AvgIpc) is 3.20. The number of hydrogen-bond acceptors (Lipinski definition) is 5. The molecule has 0 fully saturated rings. The molecule has 31 heavy (non-hydrogen) atoms. The number of carbonyl (C=O) groups excluding carboxylic acids is 2. The fraction of sp³-hybridized carbons (Fsp3) is 0.227. The minimum atomic E-state index is -0.524. The van der Waals surface area contributed by atoms with E-state index < -0.39 is 11.7 Å². The van der Waals surface area contributed by atoms with E-state index in [9.17, 15) is 14.0 Å². The highest BCUT2D eigenvalue weighted by Crippen LogP contribution is 2.26. The molecule has 2 amide bonds. The van der Waals surface area contributed by atoms with Gasteiger partial charge in [-0.3, -0.25) is 9.59 Å². The molecule has 0 bridgehead atoms. The average molecular weight is 462 g/mol. The van der Waals surface area contributed by atoms with Crippen molar-refractivity contribution in [3.63, 3.8) is 0 Å². The molecule has 2 N–H and O–H groups in total. The molecule has 9 heteroatoms. The number of hydrogen-bond donors (Lipinski definition) is 2. The van der Waals surface area contributed by atoms with Gasteiger partial charge in [0.15, 0.2) is 5.13 Å². The van der Waals surface area contributed by atoms with Crippen LogP contribution in [0.4, 0.5) is 9.52 Å². The van der Waals surface area contributed by atoms with E-state index in [1.54, 1.807) is 0 Å². The van der Waals surface area contributed by atoms with Crippen LogP contribution >= 0.6 is 22.9 Å². The van der Waals surface area contributed by atoms with Gasteiger partial charge in [-0.1, -0.05) is 18.5 Å². The van der Waals surface area contributed by atoms with E-state index in [4.69, 9.17) is 16.3 Å². The number of aromatic nitrogens is 1. The van der Waals surface area contributed by atoms with Gasteiger partial charge in [0.25, 0.3) is 5.91 Å². The summed E-state index contributed by atoms with van der Waals surface area (Å²) in [5.41, 5.74) is 1.82. The summed E-state index contributed by atoms with van der Waals surface area (Å²) in [6.45, 7) is 2.83. The van der Waals surface area contributed by atoms with Crippen molar-refractivity contribution in [2.75, 3.05) is 18.5 Å². The Kier molecular flexibility index (Phi) is 7.97. The van der Waals surface area contributed by atoms with E-state index in [0.717, 1.165) is 35.6 Å². The maximum Gasteiger partial charge on any atom is 0.252 e. The Hall–Kier alpha value is -2.97. The van der Waals surface area contributed by atoms with Crippen molar-refractivity contribution in [2.45, 2.75) is 19.8 Å². The minimum absolute atomic E-state index is 0.0159. The van der Waals surface area contributed by atoms with Crippen LogP contribution in [0.1, 0.15) is 30.1 Å². The lowest BCUT2D eigenvalue weighted by atomic mass is 10.2. The van der Waals surface area contributed by atoms with Crippen LogP contribution in [0.2, 0.25) is 5.02 Å². The maximum absolute atomic E-state index is 13.1. The van der Waals surface area contributed by atoms with Crippen molar-refractivity contribution >= 4 is 39.9 Å². The summed E-state index contributed by atoms with van der Waals surface area (Å²) in [6.07, 6.45) is 1.00. The van der Waals surface area contributed by atoms with Gasteiger partial charge in [-0.15, -0.1) is 11.3 Å². The van der Waals surface area contributed by atoms with Gasteiger partial charge in [0, 0.05) is 23.9 Å². The first-order chi connectivity index (χ1) is 15.0. The number of nitrogens with zero attached hydrogens (tertiary/aromatic N) is 1. The Labute approximate surface area is 188 Å². The molecule has 1 heterocycles. The van der Waals surface area contributed by atoms with Gasteiger partial charge in [0.05, 0.1) is 22.9 Å². The molecular weight excluding hydrogens is 441 g/mol. The molecule has 0 saturated heterocycles. The van der Waals surface area contributed by atoms with E-state index in [2.05, 4.69) is 22.5 Å². The molecule has 0 unspecified atom stereocenters. The quantitative estimate of drug-likeness (QED) is 0.461. The van der Waals surface area contributed by atoms with Crippen LogP contribution in [0.15, 0.2) is 47.8 Å². The van der Waals surface area contributed by atoms with Crippen molar-refractivity contribution in [3.8, 4) is 17.0 Å². The van der Waals surface area contributed by atoms with Gasteiger partial charge in [0.2, 0.25) is 5.91 Å². The lowest BCUT2D eigenvalue weighted by Gasteiger charge is -2.07. The highest BCUT2D eigenvalue weighted by atomic mass is 35.5. The Morgan fingerprint density at radius 2 is 1.97 bits per heavy atom. The van der Waals surface area contributed by atoms with Gasteiger partial charge >= 0.3 is 0 Å². The van der Waals surface area contributed by atoms with E-state index >= 15 is 0 Å². The molecule has 0 aliphatic heterocycles. The molecular formula is C22H21ClFN3O3S. The number of amides is 2. The Balaban J connectivity index is 1.48. The topological polar surface area (TPSA) is 80.3 Å². The first-order valence-electron chi connectivity index (χ1n) is 9.68. The van der Waals surface area contributed by atoms with E-state index in [1.165, 1.54) is 17.4 Å². The fourth-order valence-corrected chi connectivity index (χ4v) is 3.63. The lowest BCUT2D eigenvalue weighted by molar-refractivity contribution is -0.116. The molecule has 0 atom stereocenters. The number of thiazole rings is 1. The molecule has 0 radical (unpaired) electrons. The van der Waals surface area contributed by atoms with Gasteiger partial charge in [0.1, 0.15) is 11.6 Å². The van der Waals surface area contributed by atoms with Crippen LogP contribution in [0.25, 0.3) is 11.3 Å². The van der Waals surface area contributed by atoms with E-state index in [1.807, 2.05) is 29.6 Å². The summed E-state index contributed by atoms with van der Waals surface area (Å²) in [5, 5.41) is 7.66. The number of anilines is 1. The second kappa shape index (κ2) is 10.9. The normalized spacial score (nSPS) is 10.5. The van der Waals surface area contributed by atoms with Crippen LogP contribution in [0.5, 0.6) is 5.75 Å². The third kappa shape index (κ3) is 6.50. The number of benzene rings is 2. The lowest BCUT2D eigenvalue weighted by Crippen LogP contribution is -2.27. The zero-order valence-electron chi connectivity index (χ0n) is 16.8. The van der Waals surface area contributed by atoms with Crippen molar-refractivity contribution in [3.05, 3.63) is 64.2 Å². The SMILES string of the molecule is CCCOc1ccc(-c2csc(NC(=O)CCNC(=O)c3ccc(F)cc3Cl)n2)cc1. The highest BCUT2D eigenvalue weighted by molar-refractivity contribution is 7.14. The maximum atomic E-state index is 13.1. The van der Waals surface area contributed by atoms with Gasteiger partial charge < -0.3 is 15.4 Å². The van der Waals surface area contributed by atoms with Crippen molar-refractivity contribution in [1.29, 1.82) is 0 Å². The molecule has 0 saturated carbocycles. The number of nitrogens with one attached hydrogen (secondary N) is 2. The monoisotopic (exact) mass is 461 g/mol. The summed E-state index contributed by atoms with van der Waals surface area (Å²) in [4.78, 5) is 28.7. The molecule has 3 aromatic rings. The number of carbonyl (C=O) groups is 2. The second-order valence-corrected chi connectivity index (χ2v) is 7.85. The molecule has 0 aliphatic rings. The zero-order valence-corrected chi connectivity index (χ0v) is 18.4. The number of rotatable bonds is 9. The van der Waals surface area contributed by atoms with Crippen LogP contribution < -0.4 is 15.4 Å². The molecule has 0 spiro atoms. The molecule has 1 aromatic heterocycles. The predicted molar refractivity (Wildman–Crippen MR) is 120 cm³/mol. The largest absolute Gasteiger partial charge is 0.494 e. The van der Waals surface area contributed by atoms with Crippen molar-refractivity contribution in [1.82, 2.24) is 10.3 Å². The minimum Gasteiger partial charge on any atom is -0.494 e. The fourth-order valence-electron chi connectivity index (χ4n) is 2.65. The van der Waals surface area contributed by atoms with E-state index in [0.29, 0.717) is 11.7 Å². The first-order valence-corrected chi connectivity index (χ1v) is 10.9. The van der Waals surface area contributed by atoms with Gasteiger partial charge in [-0.05, 0) is 48.9 Å². The third-order valence-electron chi connectivity index (χ3n) is 4.19. The van der Waals surface area contributed by atoms with E-state index in [-0.39, 0.29) is 29.5 Å². The number of halogens is 2. The Morgan fingerprint density at radius 3 is 2.68 bits per heavy atom. The van der Waals surface area contributed by atoms with Crippen LogP contribution in [-0.2, 0) is 4.79 Å². The summed E-state index contributed by atoms with van der Waals surface area (Å²) >= 11 is 7.18. The number of ether oxygens (including phenoxy) is 1. The molecule has 3 rings (SSSR count).